The lowest BCUT2D eigenvalue weighted by Crippen LogP contribution is -2.50. The molecule has 2 aliphatic heterocycles. The topological polar surface area (TPSA) is 57.2 Å². The third kappa shape index (κ3) is 5.83. The van der Waals surface area contributed by atoms with Gasteiger partial charge in [0, 0.05) is 32.4 Å². The van der Waals surface area contributed by atoms with Gasteiger partial charge in [-0.15, -0.1) is 24.0 Å². The van der Waals surface area contributed by atoms with Crippen molar-refractivity contribution < 1.29 is 9.53 Å². The highest BCUT2D eigenvalue weighted by molar-refractivity contribution is 14.0. The summed E-state index contributed by atoms with van der Waals surface area (Å²) in [6.07, 6.45) is 3.18. The van der Waals surface area contributed by atoms with Gasteiger partial charge in [0.1, 0.15) is 0 Å². The Kier molecular flexibility index (Phi) is 8.12. The number of carbonyl (C=O) groups excluding carboxylic acids is 1. The van der Waals surface area contributed by atoms with Crippen molar-refractivity contribution in [1.29, 1.82) is 0 Å². The van der Waals surface area contributed by atoms with Gasteiger partial charge in [-0.1, -0.05) is 18.2 Å². The summed E-state index contributed by atoms with van der Waals surface area (Å²) in [6.45, 7) is 9.10. The van der Waals surface area contributed by atoms with Crippen molar-refractivity contribution in [2.45, 2.75) is 51.7 Å². The molecule has 1 saturated heterocycles. The number of carbonyl (C=O) groups is 1. The van der Waals surface area contributed by atoms with E-state index in [1.807, 2.05) is 23.1 Å². The van der Waals surface area contributed by atoms with E-state index >= 15 is 0 Å². The average molecular weight is 500 g/mol. The standard InChI is InChI=1S/C21H32N4O2.HI/c1-21(2,3)27-17-10-12-24(13-11-17)20(22-4)23-15-19(26)25-14-9-16-7-5-6-8-18(16)25;/h5-8,17H,9-15H2,1-4H3,(H,22,23);1H. The number of piperidine rings is 1. The van der Waals surface area contributed by atoms with Crippen LogP contribution in [0.4, 0.5) is 5.69 Å². The molecule has 1 aromatic rings. The number of hydrogen-bond donors (Lipinski definition) is 1. The number of aliphatic imine (C=N–C) groups is 1. The van der Waals surface area contributed by atoms with Crippen molar-refractivity contribution in [2.75, 3.05) is 38.1 Å². The van der Waals surface area contributed by atoms with Gasteiger partial charge in [-0.2, -0.15) is 0 Å². The van der Waals surface area contributed by atoms with Gasteiger partial charge in [-0.25, -0.2) is 0 Å². The minimum absolute atomic E-state index is 0. The minimum atomic E-state index is -0.106. The van der Waals surface area contributed by atoms with Crippen LogP contribution in [0.2, 0.25) is 0 Å². The number of hydrogen-bond acceptors (Lipinski definition) is 3. The molecule has 3 rings (SSSR count). The molecule has 2 aliphatic rings. The number of nitrogens with one attached hydrogen (secondary N) is 1. The van der Waals surface area contributed by atoms with Crippen molar-refractivity contribution in [3.63, 3.8) is 0 Å². The van der Waals surface area contributed by atoms with Crippen LogP contribution in [0.3, 0.4) is 0 Å². The number of guanidine groups is 1. The zero-order valence-corrected chi connectivity index (χ0v) is 19.7. The second-order valence-corrected chi connectivity index (χ2v) is 8.24. The van der Waals surface area contributed by atoms with Crippen molar-refractivity contribution in [1.82, 2.24) is 10.2 Å². The van der Waals surface area contributed by atoms with Crippen LogP contribution < -0.4 is 10.2 Å². The number of amides is 1. The molecule has 0 saturated carbocycles. The molecule has 0 atom stereocenters. The van der Waals surface area contributed by atoms with E-state index in [0.29, 0.717) is 6.10 Å². The molecule has 0 bridgehead atoms. The van der Waals surface area contributed by atoms with E-state index in [1.54, 1.807) is 7.05 Å². The molecule has 28 heavy (non-hydrogen) atoms. The highest BCUT2D eigenvalue weighted by atomic mass is 127. The van der Waals surface area contributed by atoms with Gasteiger partial charge in [-0.3, -0.25) is 9.79 Å². The average Bonchev–Trinajstić information content (AvgIpc) is 3.06. The Labute approximate surface area is 185 Å². The predicted molar refractivity (Wildman–Crippen MR) is 125 cm³/mol. The Balaban J connectivity index is 0.00000280. The maximum absolute atomic E-state index is 12.7. The van der Waals surface area contributed by atoms with Crippen LogP contribution in [0.1, 0.15) is 39.2 Å². The molecule has 1 fully saturated rings. The van der Waals surface area contributed by atoms with Gasteiger partial charge < -0.3 is 19.9 Å². The Bertz CT molecular complexity index is 694. The number of likely N-dealkylation sites (tertiary alicyclic amines) is 1. The van der Waals surface area contributed by atoms with E-state index in [1.165, 1.54) is 5.56 Å². The molecule has 0 aromatic heterocycles. The van der Waals surface area contributed by atoms with Gasteiger partial charge >= 0.3 is 0 Å². The van der Waals surface area contributed by atoms with Crippen LogP contribution in [0.25, 0.3) is 0 Å². The molecule has 0 radical (unpaired) electrons. The molecule has 2 heterocycles. The number of para-hydroxylation sites is 1. The van der Waals surface area contributed by atoms with E-state index in [9.17, 15) is 4.79 Å². The van der Waals surface area contributed by atoms with Crippen molar-refractivity contribution in [2.24, 2.45) is 4.99 Å². The normalized spacial score (nSPS) is 17.9. The summed E-state index contributed by atoms with van der Waals surface area (Å²) in [4.78, 5) is 21.2. The highest BCUT2D eigenvalue weighted by Crippen LogP contribution is 2.27. The summed E-state index contributed by atoms with van der Waals surface area (Å²) in [5.41, 5.74) is 2.18. The molecule has 1 aromatic carbocycles. The zero-order chi connectivity index (χ0) is 19.4. The smallest absolute Gasteiger partial charge is 0.246 e. The first-order valence-electron chi connectivity index (χ1n) is 9.89. The third-order valence-electron chi connectivity index (χ3n) is 5.06. The molecule has 1 N–H and O–H groups in total. The molecule has 6 nitrogen and oxygen atoms in total. The van der Waals surface area contributed by atoms with Gasteiger partial charge in [0.15, 0.2) is 5.96 Å². The summed E-state index contributed by atoms with van der Waals surface area (Å²) in [5.74, 6) is 0.886. The maximum atomic E-state index is 12.7. The summed E-state index contributed by atoms with van der Waals surface area (Å²) >= 11 is 0. The summed E-state index contributed by atoms with van der Waals surface area (Å²) in [5, 5.41) is 3.25. The molecule has 0 unspecified atom stereocenters. The van der Waals surface area contributed by atoms with E-state index in [4.69, 9.17) is 4.74 Å². The van der Waals surface area contributed by atoms with Crippen molar-refractivity contribution >= 4 is 41.5 Å². The van der Waals surface area contributed by atoms with E-state index in [-0.39, 0.29) is 42.0 Å². The summed E-state index contributed by atoms with van der Waals surface area (Å²) in [6, 6.07) is 8.13. The van der Waals surface area contributed by atoms with Crippen LogP contribution in [0.5, 0.6) is 0 Å². The Morgan fingerprint density at radius 1 is 1.21 bits per heavy atom. The van der Waals surface area contributed by atoms with E-state index in [2.05, 4.69) is 42.0 Å². The number of anilines is 1. The molecule has 1 amide bonds. The first-order chi connectivity index (χ1) is 12.9. The van der Waals surface area contributed by atoms with Gasteiger partial charge in [-0.05, 0) is 51.7 Å². The Morgan fingerprint density at radius 2 is 1.89 bits per heavy atom. The lowest BCUT2D eigenvalue weighted by Gasteiger charge is -2.37. The molecule has 7 heteroatoms. The zero-order valence-electron chi connectivity index (χ0n) is 17.4. The lowest BCUT2D eigenvalue weighted by molar-refractivity contribution is -0.117. The fourth-order valence-electron chi connectivity index (χ4n) is 3.87. The largest absolute Gasteiger partial charge is 0.372 e. The van der Waals surface area contributed by atoms with E-state index in [0.717, 1.165) is 50.5 Å². The molecule has 0 aliphatic carbocycles. The third-order valence-corrected chi connectivity index (χ3v) is 5.06. The van der Waals surface area contributed by atoms with Crippen LogP contribution in [0, 0.1) is 0 Å². The minimum Gasteiger partial charge on any atom is -0.372 e. The number of nitrogens with zero attached hydrogens (tertiary/aromatic N) is 3. The SMILES string of the molecule is CN=C(NCC(=O)N1CCc2ccccc21)N1CCC(OC(C)(C)C)CC1.I. The lowest BCUT2D eigenvalue weighted by atomic mass is 10.1. The first-order valence-corrected chi connectivity index (χ1v) is 9.89. The van der Waals surface area contributed by atoms with Crippen molar-refractivity contribution in [3.8, 4) is 0 Å². The van der Waals surface area contributed by atoms with Crippen LogP contribution in [-0.4, -0.2) is 61.7 Å². The number of halogens is 1. The molecule has 156 valence electrons. The summed E-state index contributed by atoms with van der Waals surface area (Å²) < 4.78 is 6.09. The fraction of sp³-hybridized carbons (Fsp3) is 0.619. The predicted octanol–water partition coefficient (Wildman–Crippen LogP) is 3.05. The first kappa shape index (κ1) is 22.9. The maximum Gasteiger partial charge on any atom is 0.246 e. The van der Waals surface area contributed by atoms with Crippen LogP contribution >= 0.6 is 24.0 Å². The summed E-state index contributed by atoms with van der Waals surface area (Å²) in [7, 11) is 1.77. The van der Waals surface area contributed by atoms with Crippen LogP contribution in [-0.2, 0) is 16.0 Å². The van der Waals surface area contributed by atoms with Crippen LogP contribution in [0.15, 0.2) is 29.3 Å². The number of fused-ring (bicyclic) bond motifs is 1. The van der Waals surface area contributed by atoms with Gasteiger partial charge in [0.2, 0.25) is 5.91 Å². The number of rotatable bonds is 3. The Morgan fingerprint density at radius 3 is 2.54 bits per heavy atom. The Hall–Kier alpha value is -1.35. The van der Waals surface area contributed by atoms with Crippen molar-refractivity contribution in [3.05, 3.63) is 29.8 Å². The van der Waals surface area contributed by atoms with E-state index < -0.39 is 0 Å². The van der Waals surface area contributed by atoms with Gasteiger partial charge in [0.25, 0.3) is 0 Å². The number of benzene rings is 1. The molecular weight excluding hydrogens is 467 g/mol. The second kappa shape index (κ2) is 9.91. The quantitative estimate of drug-likeness (QED) is 0.394. The van der Waals surface area contributed by atoms with Gasteiger partial charge in [0.05, 0.1) is 18.2 Å². The highest BCUT2D eigenvalue weighted by Gasteiger charge is 2.27. The molecule has 0 spiro atoms. The molecular formula is C21H33IN4O2. The number of ether oxygens (including phenoxy) is 1. The second-order valence-electron chi connectivity index (χ2n) is 8.24. The fourth-order valence-corrected chi connectivity index (χ4v) is 3.87. The monoisotopic (exact) mass is 500 g/mol.